The number of hydrogen-bond donors (Lipinski definition) is 0. The SMILES string of the molecule is FC1(F)c2c(c3ccc(-c4ccccc4)nc3c3nc(-c4ccccc4)ccc23)C(F)(F)C1(F)F. The van der Waals surface area contributed by atoms with Crippen molar-refractivity contribution in [2.75, 3.05) is 0 Å². The second kappa shape index (κ2) is 7.04. The van der Waals surface area contributed by atoms with Gasteiger partial charge in [0.25, 0.3) is 0 Å². The first-order valence-corrected chi connectivity index (χ1v) is 10.7. The van der Waals surface area contributed by atoms with Crippen LogP contribution in [0.1, 0.15) is 11.1 Å². The van der Waals surface area contributed by atoms with Crippen molar-refractivity contribution in [3.63, 3.8) is 0 Å². The first-order chi connectivity index (χ1) is 16.6. The van der Waals surface area contributed by atoms with E-state index in [0.29, 0.717) is 22.5 Å². The summed E-state index contributed by atoms with van der Waals surface area (Å²) >= 11 is 0. The van der Waals surface area contributed by atoms with Crippen LogP contribution < -0.4 is 0 Å². The molecule has 0 radical (unpaired) electrons. The summed E-state index contributed by atoms with van der Waals surface area (Å²) < 4.78 is 88.8. The lowest BCUT2D eigenvalue weighted by atomic mass is 9.95. The van der Waals surface area contributed by atoms with Crippen LogP contribution in [0.2, 0.25) is 0 Å². The van der Waals surface area contributed by atoms with E-state index in [2.05, 4.69) is 9.97 Å². The summed E-state index contributed by atoms with van der Waals surface area (Å²) in [6.07, 6.45) is 0. The Hall–Kier alpha value is -3.94. The predicted octanol–water partition coefficient (Wildman–Crippen LogP) is 7.95. The Kier molecular flexibility index (Phi) is 4.34. The number of fused-ring (bicyclic) bond motifs is 6. The van der Waals surface area contributed by atoms with Crippen LogP contribution in [0.15, 0.2) is 84.9 Å². The fraction of sp³-hybridized carbons (Fsp3) is 0.111. The third kappa shape index (κ3) is 2.79. The monoisotopic (exact) mass is 480 g/mol. The molecule has 8 heteroatoms. The van der Waals surface area contributed by atoms with Crippen molar-refractivity contribution in [1.29, 1.82) is 0 Å². The Bertz CT molecular complexity index is 1500. The van der Waals surface area contributed by atoms with Crippen LogP contribution in [-0.2, 0) is 11.8 Å². The van der Waals surface area contributed by atoms with Crippen molar-refractivity contribution in [3.8, 4) is 22.5 Å². The molecule has 174 valence electrons. The van der Waals surface area contributed by atoms with E-state index in [9.17, 15) is 26.3 Å². The molecular formula is C27H14F6N2. The van der Waals surface area contributed by atoms with Gasteiger partial charge in [-0.2, -0.15) is 26.3 Å². The van der Waals surface area contributed by atoms with Gasteiger partial charge in [0.05, 0.1) is 22.4 Å². The number of pyridine rings is 2. The average molecular weight is 480 g/mol. The van der Waals surface area contributed by atoms with E-state index in [1.54, 1.807) is 60.7 Å². The molecule has 0 spiro atoms. The molecule has 0 saturated heterocycles. The Balaban J connectivity index is 1.78. The summed E-state index contributed by atoms with van der Waals surface area (Å²) in [6.45, 7) is 0. The lowest BCUT2D eigenvalue weighted by Gasteiger charge is -2.23. The Morgan fingerprint density at radius 2 is 0.829 bits per heavy atom. The van der Waals surface area contributed by atoms with E-state index in [0.717, 1.165) is 12.1 Å². The smallest absolute Gasteiger partial charge is 0.245 e. The Labute approximate surface area is 194 Å². The number of hydrogen-bond acceptors (Lipinski definition) is 2. The molecule has 0 amide bonds. The highest BCUT2D eigenvalue weighted by molar-refractivity contribution is 6.09. The van der Waals surface area contributed by atoms with E-state index in [1.165, 1.54) is 12.1 Å². The van der Waals surface area contributed by atoms with Crippen molar-refractivity contribution < 1.29 is 26.3 Å². The van der Waals surface area contributed by atoms with Gasteiger partial charge in [-0.25, -0.2) is 9.97 Å². The largest absolute Gasteiger partial charge is 0.380 e. The molecular weight excluding hydrogens is 466 g/mol. The number of rotatable bonds is 2. The zero-order chi connectivity index (χ0) is 24.6. The van der Waals surface area contributed by atoms with Crippen LogP contribution >= 0.6 is 0 Å². The standard InChI is InChI=1S/C27H14F6N2/c28-25(29)21-17-11-13-19(15-7-3-1-4-8-15)34-23(17)24-18(22(21)26(30,31)27(25,32)33)12-14-20(35-24)16-9-5-2-6-10-16/h1-14H. The van der Waals surface area contributed by atoms with Crippen LogP contribution in [0, 0.1) is 0 Å². The summed E-state index contributed by atoms with van der Waals surface area (Å²) in [4.78, 5) is 8.92. The minimum atomic E-state index is -5.61. The third-order valence-electron chi connectivity index (χ3n) is 6.36. The number of nitrogens with zero attached hydrogens (tertiary/aromatic N) is 2. The molecule has 0 aliphatic heterocycles. The van der Waals surface area contributed by atoms with Gasteiger partial charge in [0, 0.05) is 33.0 Å². The quantitative estimate of drug-likeness (QED) is 0.189. The first kappa shape index (κ1) is 21.6. The summed E-state index contributed by atoms with van der Waals surface area (Å²) in [6, 6.07) is 22.5. The molecule has 0 fully saturated rings. The summed E-state index contributed by atoms with van der Waals surface area (Å²) in [7, 11) is 0. The number of halogens is 6. The van der Waals surface area contributed by atoms with Gasteiger partial charge in [-0.05, 0) is 12.1 Å². The number of alkyl halides is 6. The van der Waals surface area contributed by atoms with Crippen molar-refractivity contribution in [1.82, 2.24) is 9.97 Å². The highest BCUT2D eigenvalue weighted by Gasteiger charge is 2.80. The maximum Gasteiger partial charge on any atom is 0.380 e. The molecule has 1 aliphatic rings. The summed E-state index contributed by atoms with van der Waals surface area (Å²) in [5.41, 5.74) is -1.09. The molecule has 1 aliphatic carbocycles. The molecule has 0 unspecified atom stereocenters. The van der Waals surface area contributed by atoms with Gasteiger partial charge >= 0.3 is 17.8 Å². The van der Waals surface area contributed by atoms with Gasteiger partial charge in [-0.3, -0.25) is 0 Å². The maximum absolute atomic E-state index is 15.0. The minimum absolute atomic E-state index is 0.147. The molecule has 0 bridgehead atoms. The zero-order valence-corrected chi connectivity index (χ0v) is 17.7. The molecule has 2 aromatic heterocycles. The van der Waals surface area contributed by atoms with Crippen molar-refractivity contribution in [2.24, 2.45) is 0 Å². The molecule has 2 heterocycles. The second-order valence-electron chi connectivity index (χ2n) is 8.39. The fourth-order valence-corrected chi connectivity index (χ4v) is 4.65. The van der Waals surface area contributed by atoms with E-state index in [1.807, 2.05) is 0 Å². The second-order valence-corrected chi connectivity index (χ2v) is 8.39. The molecule has 6 rings (SSSR count). The predicted molar refractivity (Wildman–Crippen MR) is 121 cm³/mol. The molecule has 5 aromatic rings. The van der Waals surface area contributed by atoms with Crippen molar-refractivity contribution in [3.05, 3.63) is 96.1 Å². The molecule has 0 atom stereocenters. The lowest BCUT2D eigenvalue weighted by Crippen LogP contribution is -2.43. The highest BCUT2D eigenvalue weighted by atomic mass is 19.3. The van der Waals surface area contributed by atoms with Crippen LogP contribution in [-0.4, -0.2) is 15.9 Å². The number of aromatic nitrogens is 2. The van der Waals surface area contributed by atoms with Gasteiger partial charge in [0.2, 0.25) is 0 Å². The van der Waals surface area contributed by atoms with Gasteiger partial charge < -0.3 is 0 Å². The van der Waals surface area contributed by atoms with Gasteiger partial charge in [-0.15, -0.1) is 0 Å². The van der Waals surface area contributed by atoms with Gasteiger partial charge in [0.1, 0.15) is 0 Å². The normalized spacial score (nSPS) is 17.5. The summed E-state index contributed by atoms with van der Waals surface area (Å²) in [5.74, 6) is -15.8. The van der Waals surface area contributed by atoms with Gasteiger partial charge in [0.15, 0.2) is 0 Å². The maximum atomic E-state index is 15.0. The first-order valence-electron chi connectivity index (χ1n) is 10.7. The fourth-order valence-electron chi connectivity index (χ4n) is 4.65. The molecule has 3 aromatic carbocycles. The topological polar surface area (TPSA) is 25.8 Å². The Morgan fingerprint density at radius 1 is 0.457 bits per heavy atom. The van der Waals surface area contributed by atoms with Crippen LogP contribution in [0.3, 0.4) is 0 Å². The lowest BCUT2D eigenvalue weighted by molar-refractivity contribution is -0.301. The Morgan fingerprint density at radius 3 is 1.20 bits per heavy atom. The molecule has 0 N–H and O–H groups in total. The van der Waals surface area contributed by atoms with E-state index >= 15 is 0 Å². The highest BCUT2D eigenvalue weighted by Crippen LogP contribution is 2.65. The van der Waals surface area contributed by atoms with Gasteiger partial charge in [-0.1, -0.05) is 72.8 Å². The minimum Gasteiger partial charge on any atom is -0.245 e. The molecule has 35 heavy (non-hydrogen) atoms. The van der Waals surface area contributed by atoms with Crippen molar-refractivity contribution >= 4 is 21.8 Å². The average Bonchev–Trinajstić information content (AvgIpc) is 2.98. The summed E-state index contributed by atoms with van der Waals surface area (Å²) in [5, 5.41) is -0.960. The van der Waals surface area contributed by atoms with Crippen LogP contribution in [0.25, 0.3) is 44.3 Å². The molecule has 0 saturated carbocycles. The van der Waals surface area contributed by atoms with E-state index in [-0.39, 0.29) is 11.0 Å². The van der Waals surface area contributed by atoms with E-state index in [4.69, 9.17) is 0 Å². The van der Waals surface area contributed by atoms with E-state index < -0.39 is 39.7 Å². The van der Waals surface area contributed by atoms with Crippen LogP contribution in [0.4, 0.5) is 26.3 Å². The zero-order valence-electron chi connectivity index (χ0n) is 17.7. The number of benzene rings is 3. The van der Waals surface area contributed by atoms with Crippen molar-refractivity contribution in [2.45, 2.75) is 17.8 Å². The van der Waals surface area contributed by atoms with Crippen LogP contribution in [0.5, 0.6) is 0 Å². The third-order valence-corrected chi connectivity index (χ3v) is 6.36. The molecule has 2 nitrogen and oxygen atoms in total.